The van der Waals surface area contributed by atoms with Crippen LogP contribution in [0.1, 0.15) is 18.7 Å². The summed E-state index contributed by atoms with van der Waals surface area (Å²) in [4.78, 5) is 0.541. The molecule has 0 spiro atoms. The number of H-pyrrole nitrogens is 1. The second-order valence-corrected chi connectivity index (χ2v) is 4.78. The van der Waals surface area contributed by atoms with Crippen molar-refractivity contribution < 1.29 is 8.78 Å². The zero-order chi connectivity index (χ0) is 13.0. The number of hydrogen-bond donors (Lipinski definition) is 2. The van der Waals surface area contributed by atoms with Crippen molar-refractivity contribution in [1.82, 2.24) is 10.2 Å². The van der Waals surface area contributed by atoms with Crippen LogP contribution >= 0.6 is 11.8 Å². The van der Waals surface area contributed by atoms with Crippen LogP contribution in [0.3, 0.4) is 0 Å². The lowest BCUT2D eigenvalue weighted by molar-refractivity contribution is 0.252. The Labute approximate surface area is 108 Å². The van der Waals surface area contributed by atoms with E-state index >= 15 is 0 Å². The maximum atomic E-state index is 12.4. The van der Waals surface area contributed by atoms with Crippen molar-refractivity contribution >= 4 is 17.4 Å². The molecule has 0 aliphatic heterocycles. The van der Waals surface area contributed by atoms with Gasteiger partial charge in [-0.25, -0.2) is 0 Å². The molecule has 2 rings (SSSR count). The molecule has 0 saturated carbocycles. The first-order valence-corrected chi connectivity index (χ1v) is 6.34. The van der Waals surface area contributed by atoms with Crippen LogP contribution in [0.2, 0.25) is 0 Å². The van der Waals surface area contributed by atoms with Crippen LogP contribution in [0.5, 0.6) is 0 Å². The topological polar surface area (TPSA) is 40.7 Å². The third kappa shape index (κ3) is 3.22. The van der Waals surface area contributed by atoms with Crippen LogP contribution in [0.4, 0.5) is 14.5 Å². The van der Waals surface area contributed by atoms with Crippen LogP contribution < -0.4 is 5.32 Å². The summed E-state index contributed by atoms with van der Waals surface area (Å²) in [6.07, 6.45) is 1.66. The van der Waals surface area contributed by atoms with Gasteiger partial charge in [0.05, 0.1) is 11.7 Å². The third-order valence-corrected chi connectivity index (χ3v) is 3.25. The van der Waals surface area contributed by atoms with Gasteiger partial charge in [0.25, 0.3) is 5.76 Å². The highest BCUT2D eigenvalue weighted by molar-refractivity contribution is 7.99. The van der Waals surface area contributed by atoms with Gasteiger partial charge in [0.2, 0.25) is 0 Å². The molecule has 0 radical (unpaired) electrons. The fraction of sp³-hybridized carbons (Fsp3) is 0.250. The number of rotatable bonds is 5. The number of nitrogens with one attached hydrogen (secondary N) is 2. The van der Waals surface area contributed by atoms with Gasteiger partial charge in [0.1, 0.15) is 0 Å². The Kier molecular flexibility index (Phi) is 4.19. The molecule has 0 aliphatic rings. The minimum absolute atomic E-state index is 0.0214. The van der Waals surface area contributed by atoms with Crippen LogP contribution in [-0.4, -0.2) is 16.0 Å². The summed E-state index contributed by atoms with van der Waals surface area (Å²) in [5.74, 6) is -2.42. The number of anilines is 1. The van der Waals surface area contributed by atoms with Gasteiger partial charge < -0.3 is 5.32 Å². The highest BCUT2D eigenvalue weighted by Crippen LogP contribution is 2.33. The van der Waals surface area contributed by atoms with E-state index in [1.165, 1.54) is 0 Å². The molecule has 0 saturated heterocycles. The number of aromatic nitrogens is 2. The summed E-state index contributed by atoms with van der Waals surface area (Å²) in [7, 11) is 0. The molecule has 0 amide bonds. The van der Waals surface area contributed by atoms with Crippen LogP contribution in [0, 0.1) is 0 Å². The van der Waals surface area contributed by atoms with E-state index in [1.807, 2.05) is 19.1 Å². The monoisotopic (exact) mass is 269 g/mol. The average molecular weight is 269 g/mol. The predicted molar refractivity (Wildman–Crippen MR) is 68.9 cm³/mol. The van der Waals surface area contributed by atoms with E-state index < -0.39 is 5.76 Å². The second-order valence-electron chi connectivity index (χ2n) is 3.75. The summed E-state index contributed by atoms with van der Waals surface area (Å²) < 4.78 is 24.9. The maximum absolute atomic E-state index is 12.4. The number of benzene rings is 1. The molecular weight excluding hydrogens is 256 g/mol. The fourth-order valence-electron chi connectivity index (χ4n) is 1.60. The van der Waals surface area contributed by atoms with Crippen molar-refractivity contribution in [3.63, 3.8) is 0 Å². The SMILES string of the molecule is CC(Nc1ccccc1SC(F)F)c1ccn[nH]1. The van der Waals surface area contributed by atoms with Crippen molar-refractivity contribution in [2.24, 2.45) is 0 Å². The van der Waals surface area contributed by atoms with Crippen molar-refractivity contribution in [1.29, 1.82) is 0 Å². The molecule has 3 nitrogen and oxygen atoms in total. The molecule has 0 fully saturated rings. The summed E-state index contributed by atoms with van der Waals surface area (Å²) in [6.45, 7) is 1.94. The van der Waals surface area contributed by atoms with Crippen molar-refractivity contribution in [2.45, 2.75) is 23.6 Å². The minimum atomic E-state index is -2.42. The van der Waals surface area contributed by atoms with Crippen LogP contribution in [-0.2, 0) is 0 Å². The quantitative estimate of drug-likeness (QED) is 0.809. The zero-order valence-electron chi connectivity index (χ0n) is 9.73. The molecule has 6 heteroatoms. The van der Waals surface area contributed by atoms with E-state index in [4.69, 9.17) is 0 Å². The molecule has 0 bridgehead atoms. The van der Waals surface area contributed by atoms with Gasteiger partial charge in [-0.05, 0) is 25.1 Å². The number of hydrogen-bond acceptors (Lipinski definition) is 3. The largest absolute Gasteiger partial charge is 0.376 e. The van der Waals surface area contributed by atoms with E-state index in [0.717, 1.165) is 5.69 Å². The predicted octanol–water partition coefficient (Wildman–Crippen LogP) is 3.90. The molecule has 0 aliphatic carbocycles. The highest BCUT2D eigenvalue weighted by Gasteiger charge is 2.12. The molecule has 1 heterocycles. The molecule has 1 unspecified atom stereocenters. The zero-order valence-corrected chi connectivity index (χ0v) is 10.5. The van der Waals surface area contributed by atoms with Gasteiger partial charge in [-0.15, -0.1) is 0 Å². The molecule has 96 valence electrons. The lowest BCUT2D eigenvalue weighted by Crippen LogP contribution is -2.08. The van der Waals surface area contributed by atoms with Crippen molar-refractivity contribution in [3.05, 3.63) is 42.2 Å². The van der Waals surface area contributed by atoms with Gasteiger partial charge in [-0.1, -0.05) is 23.9 Å². The van der Waals surface area contributed by atoms with E-state index in [1.54, 1.807) is 24.4 Å². The molecule has 18 heavy (non-hydrogen) atoms. The lowest BCUT2D eigenvalue weighted by Gasteiger charge is -2.16. The minimum Gasteiger partial charge on any atom is -0.376 e. The standard InChI is InChI=1S/C12H13F2N3S/c1-8(9-6-7-15-17-9)16-10-4-2-3-5-11(10)18-12(13)14/h2-8,12,16H,1H3,(H,15,17). The number of thioether (sulfide) groups is 1. The van der Waals surface area contributed by atoms with E-state index in [-0.39, 0.29) is 6.04 Å². The molecule has 1 aromatic carbocycles. The number of nitrogens with zero attached hydrogens (tertiary/aromatic N) is 1. The number of para-hydroxylation sites is 1. The van der Waals surface area contributed by atoms with Gasteiger partial charge in [-0.3, -0.25) is 5.10 Å². The van der Waals surface area contributed by atoms with Crippen molar-refractivity contribution in [2.75, 3.05) is 5.32 Å². The Morgan fingerprint density at radius 1 is 1.28 bits per heavy atom. The molecule has 2 aromatic rings. The Morgan fingerprint density at radius 2 is 2.06 bits per heavy atom. The molecule has 1 aromatic heterocycles. The molecular formula is C12H13F2N3S. The summed E-state index contributed by atoms with van der Waals surface area (Å²) in [6, 6.07) is 8.86. The number of halogens is 2. The van der Waals surface area contributed by atoms with Gasteiger partial charge in [0.15, 0.2) is 0 Å². The normalized spacial score (nSPS) is 12.7. The molecule has 1 atom stereocenters. The second kappa shape index (κ2) is 5.86. The van der Waals surface area contributed by atoms with Crippen LogP contribution in [0.25, 0.3) is 0 Å². The Balaban J connectivity index is 2.13. The van der Waals surface area contributed by atoms with E-state index in [0.29, 0.717) is 22.3 Å². The smallest absolute Gasteiger partial charge is 0.288 e. The third-order valence-electron chi connectivity index (χ3n) is 2.46. The van der Waals surface area contributed by atoms with Crippen LogP contribution in [0.15, 0.2) is 41.4 Å². The Morgan fingerprint density at radius 3 is 2.72 bits per heavy atom. The number of aromatic amines is 1. The average Bonchev–Trinajstić information content (AvgIpc) is 2.84. The first-order chi connectivity index (χ1) is 8.66. The van der Waals surface area contributed by atoms with Crippen molar-refractivity contribution in [3.8, 4) is 0 Å². The first-order valence-electron chi connectivity index (χ1n) is 5.46. The fourth-order valence-corrected chi connectivity index (χ4v) is 2.21. The maximum Gasteiger partial charge on any atom is 0.288 e. The Hall–Kier alpha value is -1.56. The summed E-state index contributed by atoms with van der Waals surface area (Å²) in [5, 5.41) is 9.91. The summed E-state index contributed by atoms with van der Waals surface area (Å²) >= 11 is 0.543. The molecule has 2 N–H and O–H groups in total. The highest BCUT2D eigenvalue weighted by atomic mass is 32.2. The van der Waals surface area contributed by atoms with Gasteiger partial charge in [0, 0.05) is 16.8 Å². The van der Waals surface area contributed by atoms with E-state index in [9.17, 15) is 8.78 Å². The lowest BCUT2D eigenvalue weighted by atomic mass is 10.2. The summed E-state index contributed by atoms with van der Waals surface area (Å²) in [5.41, 5.74) is 1.61. The Bertz CT molecular complexity index is 488. The van der Waals surface area contributed by atoms with Gasteiger partial charge in [-0.2, -0.15) is 13.9 Å². The van der Waals surface area contributed by atoms with E-state index in [2.05, 4.69) is 15.5 Å². The number of alkyl halides is 2. The van der Waals surface area contributed by atoms with Gasteiger partial charge >= 0.3 is 0 Å². The first kappa shape index (κ1) is 12.9.